The van der Waals surface area contributed by atoms with Gasteiger partial charge in [-0.3, -0.25) is 0 Å². The van der Waals surface area contributed by atoms with Crippen molar-refractivity contribution in [1.29, 1.82) is 0 Å². The normalized spacial score (nSPS) is 17.2. The molecule has 4 nitrogen and oxygen atoms in total. The van der Waals surface area contributed by atoms with Gasteiger partial charge in [0, 0.05) is 28.4 Å². The highest BCUT2D eigenvalue weighted by Crippen LogP contribution is 2.56. The van der Waals surface area contributed by atoms with Crippen LogP contribution in [0.1, 0.15) is 142 Å². The molecular weight excluding hydrogens is 799 g/mol. The van der Waals surface area contributed by atoms with Crippen LogP contribution in [0.3, 0.4) is 0 Å². The van der Waals surface area contributed by atoms with Gasteiger partial charge in [0.1, 0.15) is 22.8 Å². The first-order chi connectivity index (χ1) is 28.8. The third-order valence-corrected chi connectivity index (χ3v) is 14.4. The van der Waals surface area contributed by atoms with Crippen molar-refractivity contribution in [2.75, 3.05) is 0 Å². The third kappa shape index (κ3) is 11.1. The molecule has 3 unspecified atom stereocenters. The van der Waals surface area contributed by atoms with E-state index >= 15 is 0 Å². The lowest BCUT2D eigenvalue weighted by Crippen LogP contribution is -2.32. The molecule has 0 bridgehead atoms. The molecule has 0 radical (unpaired) electrons. The molecule has 0 N–H and O–H groups in total. The summed E-state index contributed by atoms with van der Waals surface area (Å²) >= 11 is 0. The van der Waals surface area contributed by atoms with E-state index in [-0.39, 0.29) is 21.7 Å². The monoisotopic (exact) mass is 868 g/mol. The number of allylic oxidation sites excluding steroid dienone is 2. The van der Waals surface area contributed by atoms with Gasteiger partial charge in [-0.15, -0.1) is 0 Å². The number of rotatable bonds is 11. The first kappa shape index (κ1) is 47.3. The maximum absolute atomic E-state index is 7.74. The molecular formula is C56H70O4P2. The van der Waals surface area contributed by atoms with Crippen molar-refractivity contribution in [1.82, 2.24) is 0 Å². The Bertz CT molecular complexity index is 2420. The second-order valence-electron chi connectivity index (χ2n) is 21.4. The Morgan fingerprint density at radius 1 is 0.500 bits per heavy atom. The van der Waals surface area contributed by atoms with Crippen LogP contribution in [0.2, 0.25) is 0 Å². The predicted molar refractivity (Wildman–Crippen MR) is 266 cm³/mol. The molecule has 62 heavy (non-hydrogen) atoms. The Hall–Kier alpha value is -4.20. The summed E-state index contributed by atoms with van der Waals surface area (Å²) in [6.45, 7) is 35.7. The highest BCUT2D eigenvalue weighted by Gasteiger charge is 2.42. The molecule has 6 rings (SSSR count). The minimum Gasteiger partial charge on any atom is -0.443 e. The summed E-state index contributed by atoms with van der Waals surface area (Å²) < 4.78 is 29.6. The van der Waals surface area contributed by atoms with Crippen molar-refractivity contribution >= 4 is 27.4 Å². The molecule has 3 atom stereocenters. The summed E-state index contributed by atoms with van der Waals surface area (Å²) in [6.07, 6.45) is 5.17. The molecule has 0 spiro atoms. The van der Waals surface area contributed by atoms with E-state index in [4.69, 9.17) is 18.1 Å². The van der Waals surface area contributed by atoms with Crippen molar-refractivity contribution < 1.29 is 18.1 Å². The van der Waals surface area contributed by atoms with Crippen LogP contribution in [0.5, 0.6) is 17.2 Å². The molecule has 0 aliphatic heterocycles. The summed E-state index contributed by atoms with van der Waals surface area (Å²) in [5.41, 5.74) is 9.01. The summed E-state index contributed by atoms with van der Waals surface area (Å²) in [5, 5.41) is 1.98. The van der Waals surface area contributed by atoms with E-state index in [0.29, 0.717) is 6.42 Å². The van der Waals surface area contributed by atoms with Crippen molar-refractivity contribution in [3.8, 4) is 17.2 Å². The summed E-state index contributed by atoms with van der Waals surface area (Å²) in [4.78, 5) is 0. The smallest absolute Gasteiger partial charge is 0.326 e. The molecule has 0 saturated carbocycles. The van der Waals surface area contributed by atoms with Crippen LogP contribution < -0.4 is 24.2 Å². The highest BCUT2D eigenvalue weighted by atomic mass is 31.2. The molecule has 0 aromatic heterocycles. The zero-order valence-electron chi connectivity index (χ0n) is 40.3. The molecule has 5 aromatic carbocycles. The van der Waals surface area contributed by atoms with Gasteiger partial charge >= 0.3 is 8.38 Å². The molecule has 1 aliphatic carbocycles. The summed E-state index contributed by atoms with van der Waals surface area (Å²) in [5.74, 6) is 2.43. The molecule has 1 aliphatic rings. The Morgan fingerprint density at radius 2 is 0.968 bits per heavy atom. The van der Waals surface area contributed by atoms with Crippen LogP contribution in [0.4, 0.5) is 0 Å². The maximum atomic E-state index is 7.74. The lowest BCUT2D eigenvalue weighted by Gasteiger charge is -2.39. The SMILES string of the molecule is CC1=CC(OP(Oc2ccc(C(C)(C)C)cc2C(C)(C)C)c2ccccc2)(c2cc(C)cc(C)c2OP(Oc2ccc(C(C)(C)C)cc2C(C)(C)C)c2ccccc2)CC(C)=C1. The average Bonchev–Trinajstić information content (AvgIpc) is 3.17. The van der Waals surface area contributed by atoms with Gasteiger partial charge in [0.05, 0.1) is 5.30 Å². The van der Waals surface area contributed by atoms with Gasteiger partial charge in [-0.2, -0.15) is 0 Å². The fraction of sp³-hybridized carbons (Fsp3) is 0.393. The zero-order chi connectivity index (χ0) is 45.4. The van der Waals surface area contributed by atoms with Gasteiger partial charge < -0.3 is 18.1 Å². The Labute approximate surface area is 377 Å². The van der Waals surface area contributed by atoms with E-state index in [1.807, 2.05) is 12.1 Å². The van der Waals surface area contributed by atoms with E-state index in [0.717, 1.165) is 61.2 Å². The van der Waals surface area contributed by atoms with Crippen LogP contribution in [0.25, 0.3) is 0 Å². The van der Waals surface area contributed by atoms with Gasteiger partial charge in [0.25, 0.3) is 8.38 Å². The maximum Gasteiger partial charge on any atom is 0.326 e. The minimum absolute atomic E-state index is 0.00723. The van der Waals surface area contributed by atoms with Gasteiger partial charge in [-0.25, -0.2) is 0 Å². The van der Waals surface area contributed by atoms with Gasteiger partial charge in [-0.1, -0.05) is 173 Å². The van der Waals surface area contributed by atoms with Gasteiger partial charge in [-0.05, 0) is 115 Å². The molecule has 0 heterocycles. The fourth-order valence-corrected chi connectivity index (χ4v) is 11.0. The first-order valence-electron chi connectivity index (χ1n) is 22.1. The van der Waals surface area contributed by atoms with Crippen LogP contribution in [0, 0.1) is 13.8 Å². The minimum atomic E-state index is -1.69. The van der Waals surface area contributed by atoms with Crippen LogP contribution in [0.15, 0.2) is 132 Å². The van der Waals surface area contributed by atoms with Crippen molar-refractivity contribution in [2.24, 2.45) is 0 Å². The van der Waals surface area contributed by atoms with Crippen LogP contribution in [-0.2, 0) is 31.8 Å². The summed E-state index contributed by atoms with van der Waals surface area (Å²) in [7, 11) is -3.35. The fourth-order valence-electron chi connectivity index (χ4n) is 8.07. The Kier molecular flexibility index (Phi) is 13.8. The quantitative estimate of drug-likeness (QED) is 0.124. The van der Waals surface area contributed by atoms with E-state index in [1.165, 1.54) is 16.7 Å². The first-order valence-corrected chi connectivity index (χ1v) is 24.4. The largest absolute Gasteiger partial charge is 0.443 e. The molecule has 328 valence electrons. The van der Waals surface area contributed by atoms with Crippen molar-refractivity contribution in [3.63, 3.8) is 0 Å². The second kappa shape index (κ2) is 18.1. The standard InChI is InChI=1S/C56H70O4P2/c1-38-32-41(4)51(59-61(44-23-19-17-20-24-44)57-49-29-27-42(52(5,6)7)34-46(49)54(11,12)13)48(33-38)56(36-39(2)31-40(3)37-56)60-62(45-25-21-18-22-26-45)58-50-30-28-43(53(8,9)10)35-47(50)55(14,15)16/h17-36H,37H2,1-16H3. The van der Waals surface area contributed by atoms with Gasteiger partial charge in [0.15, 0.2) is 0 Å². The van der Waals surface area contributed by atoms with Gasteiger partial charge in [0.2, 0.25) is 0 Å². The Morgan fingerprint density at radius 3 is 1.42 bits per heavy atom. The molecule has 0 saturated heterocycles. The molecule has 5 aromatic rings. The highest BCUT2D eigenvalue weighted by molar-refractivity contribution is 7.57. The second-order valence-corrected chi connectivity index (χ2v) is 24.2. The average molecular weight is 869 g/mol. The number of benzene rings is 5. The number of hydrogen-bond donors (Lipinski definition) is 0. The van der Waals surface area contributed by atoms with Crippen molar-refractivity contribution in [3.05, 3.63) is 171 Å². The Balaban J connectivity index is 1.53. The molecule has 0 amide bonds. The molecule has 6 heteroatoms. The topological polar surface area (TPSA) is 36.9 Å². The van der Waals surface area contributed by atoms with E-state index in [9.17, 15) is 0 Å². The lowest BCUT2D eigenvalue weighted by atomic mass is 9.80. The predicted octanol–water partition coefficient (Wildman–Crippen LogP) is 15.8. The number of hydrogen-bond acceptors (Lipinski definition) is 4. The molecule has 0 fully saturated rings. The summed E-state index contributed by atoms with van der Waals surface area (Å²) in [6, 6.07) is 38.6. The van der Waals surface area contributed by atoms with Crippen molar-refractivity contribution in [2.45, 2.75) is 144 Å². The third-order valence-electron chi connectivity index (χ3n) is 11.4. The number of aryl methyl sites for hydroxylation is 2. The van der Waals surface area contributed by atoms with Crippen LogP contribution >= 0.6 is 16.8 Å². The lowest BCUT2D eigenvalue weighted by molar-refractivity contribution is 0.122. The van der Waals surface area contributed by atoms with Crippen LogP contribution in [-0.4, -0.2) is 0 Å². The van der Waals surface area contributed by atoms with E-state index in [2.05, 4.69) is 220 Å². The van der Waals surface area contributed by atoms with E-state index < -0.39 is 22.4 Å². The zero-order valence-corrected chi connectivity index (χ0v) is 42.1. The van der Waals surface area contributed by atoms with E-state index in [1.54, 1.807) is 0 Å².